The molecular weight excluding hydrogens is 381 g/mol. The van der Waals surface area contributed by atoms with Crippen molar-refractivity contribution in [3.8, 4) is 0 Å². The second kappa shape index (κ2) is 16.4. The van der Waals surface area contributed by atoms with Crippen molar-refractivity contribution in [2.45, 2.75) is 78.6 Å². The van der Waals surface area contributed by atoms with E-state index in [0.717, 1.165) is 5.88 Å². The molecule has 0 aromatic rings. The van der Waals surface area contributed by atoms with E-state index < -0.39 is 0 Å². The topological polar surface area (TPSA) is 0 Å². The van der Waals surface area contributed by atoms with Gasteiger partial charge < -0.3 is 28.5 Å². The van der Waals surface area contributed by atoms with Crippen LogP contribution in [0.15, 0.2) is 0 Å². The van der Waals surface area contributed by atoms with Crippen molar-refractivity contribution >= 4 is 11.6 Å². The number of nitrogens with zero attached hydrogens (tertiary/aromatic N) is 1. The molecule has 0 aliphatic heterocycles. The minimum Gasteiger partial charge on any atom is -1.00 e. The molecule has 20 heavy (non-hydrogen) atoms. The first-order valence-corrected chi connectivity index (χ1v) is 9.19. The maximum atomic E-state index is 5.95. The highest BCUT2D eigenvalue weighted by molar-refractivity contribution is 6.17. The Balaban J connectivity index is 0. The molecule has 0 spiro atoms. The lowest BCUT2D eigenvalue weighted by Crippen LogP contribution is -3.00. The summed E-state index contributed by atoms with van der Waals surface area (Å²) in [4.78, 5) is 0. The smallest absolute Gasteiger partial charge is 0.0798 e. The molecule has 0 atom stereocenters. The molecule has 0 saturated heterocycles. The fourth-order valence-electron chi connectivity index (χ4n) is 2.95. The first-order valence-electron chi connectivity index (χ1n) is 8.65. The van der Waals surface area contributed by atoms with Gasteiger partial charge in [0.2, 0.25) is 0 Å². The van der Waals surface area contributed by atoms with Crippen molar-refractivity contribution in [1.29, 1.82) is 0 Å². The minimum atomic E-state index is 0. The Bertz CT molecular complexity index is 168. The number of hydrogen-bond acceptors (Lipinski definition) is 0. The number of hydrogen-bond donors (Lipinski definition) is 0. The molecule has 0 bridgehead atoms. The summed E-state index contributed by atoms with van der Waals surface area (Å²) in [6, 6.07) is 0. The number of alkyl halides is 1. The van der Waals surface area contributed by atoms with Crippen LogP contribution in [0, 0.1) is 0 Å². The second-order valence-electron chi connectivity index (χ2n) is 6.05. The molecule has 0 heterocycles. The van der Waals surface area contributed by atoms with Crippen LogP contribution in [0.25, 0.3) is 0 Å². The van der Waals surface area contributed by atoms with Crippen LogP contribution >= 0.6 is 11.6 Å². The van der Waals surface area contributed by atoms with Crippen molar-refractivity contribution in [1.82, 2.24) is 0 Å². The summed E-state index contributed by atoms with van der Waals surface area (Å²) >= 11 is 5.95. The van der Waals surface area contributed by atoms with Crippen molar-refractivity contribution in [3.63, 3.8) is 0 Å². The summed E-state index contributed by atoms with van der Waals surface area (Å²) in [5, 5.41) is 0. The van der Waals surface area contributed by atoms with Crippen LogP contribution in [0.4, 0.5) is 0 Å². The number of rotatable bonds is 14. The lowest BCUT2D eigenvalue weighted by atomic mass is 10.1. The normalized spacial score (nSPS) is 11.4. The SMILES string of the molecule is CCCCC[N+](CCCC)(CCCCl)CCCCC.[I-]. The molecule has 0 aliphatic rings. The largest absolute Gasteiger partial charge is 1.00 e. The van der Waals surface area contributed by atoms with E-state index in [0.29, 0.717) is 0 Å². The Morgan fingerprint density at radius 2 is 1.00 bits per heavy atom. The van der Waals surface area contributed by atoms with Gasteiger partial charge in [-0.05, 0) is 32.1 Å². The molecular formula is C17H37ClIN. The molecule has 0 aromatic carbocycles. The summed E-state index contributed by atoms with van der Waals surface area (Å²) in [6.07, 6.45) is 12.1. The van der Waals surface area contributed by atoms with Crippen molar-refractivity contribution in [3.05, 3.63) is 0 Å². The lowest BCUT2D eigenvalue weighted by molar-refractivity contribution is -0.928. The highest BCUT2D eigenvalue weighted by Gasteiger charge is 2.25. The number of halogens is 2. The second-order valence-corrected chi connectivity index (χ2v) is 6.42. The zero-order chi connectivity index (χ0) is 14.4. The number of unbranched alkanes of at least 4 members (excludes halogenated alkanes) is 5. The van der Waals surface area contributed by atoms with E-state index in [1.54, 1.807) is 0 Å². The summed E-state index contributed by atoms with van der Waals surface area (Å²) in [5.74, 6) is 0.827. The third kappa shape index (κ3) is 11.6. The van der Waals surface area contributed by atoms with Crippen LogP contribution in [0.1, 0.15) is 78.6 Å². The van der Waals surface area contributed by atoms with Crippen LogP contribution in [0.3, 0.4) is 0 Å². The maximum absolute atomic E-state index is 5.95. The minimum absolute atomic E-state index is 0. The average molecular weight is 418 g/mol. The van der Waals surface area contributed by atoms with Gasteiger partial charge in [-0.25, -0.2) is 0 Å². The summed E-state index contributed by atoms with van der Waals surface area (Å²) in [5.41, 5.74) is 0. The first-order chi connectivity index (χ1) is 9.24. The van der Waals surface area contributed by atoms with Crippen molar-refractivity contribution in [2.24, 2.45) is 0 Å². The molecule has 0 aliphatic carbocycles. The molecule has 124 valence electrons. The van der Waals surface area contributed by atoms with Crippen LogP contribution in [0.5, 0.6) is 0 Å². The molecule has 1 nitrogen and oxygen atoms in total. The molecule has 0 saturated carbocycles. The predicted octanol–water partition coefficient (Wildman–Crippen LogP) is 2.62. The van der Waals surface area contributed by atoms with Crippen LogP contribution in [-0.2, 0) is 0 Å². The van der Waals surface area contributed by atoms with Crippen molar-refractivity contribution < 1.29 is 28.5 Å². The van der Waals surface area contributed by atoms with Crippen LogP contribution in [-0.4, -0.2) is 36.5 Å². The van der Waals surface area contributed by atoms with Gasteiger partial charge in [0, 0.05) is 12.3 Å². The summed E-state index contributed by atoms with van der Waals surface area (Å²) < 4.78 is 1.35. The van der Waals surface area contributed by atoms with Crippen LogP contribution in [0.2, 0.25) is 0 Å². The van der Waals surface area contributed by atoms with E-state index in [-0.39, 0.29) is 24.0 Å². The van der Waals surface area contributed by atoms with E-state index in [4.69, 9.17) is 11.6 Å². The monoisotopic (exact) mass is 417 g/mol. The number of quaternary nitrogens is 1. The molecule has 0 N–H and O–H groups in total. The highest BCUT2D eigenvalue weighted by atomic mass is 127. The fourth-order valence-corrected chi connectivity index (χ4v) is 3.07. The van der Waals surface area contributed by atoms with Gasteiger partial charge in [-0.15, -0.1) is 11.6 Å². The molecule has 0 fully saturated rings. The Morgan fingerprint density at radius 3 is 1.40 bits per heavy atom. The third-order valence-electron chi connectivity index (χ3n) is 4.22. The van der Waals surface area contributed by atoms with Gasteiger partial charge in [-0.1, -0.05) is 40.0 Å². The van der Waals surface area contributed by atoms with E-state index in [1.807, 2.05) is 0 Å². The van der Waals surface area contributed by atoms with Gasteiger partial charge in [0.1, 0.15) is 0 Å². The Labute approximate surface area is 150 Å². The molecule has 0 aromatic heterocycles. The highest BCUT2D eigenvalue weighted by Crippen LogP contribution is 2.17. The predicted molar refractivity (Wildman–Crippen MR) is 89.0 cm³/mol. The Kier molecular flexibility index (Phi) is 19.0. The maximum Gasteiger partial charge on any atom is 0.0798 e. The van der Waals surface area contributed by atoms with E-state index in [9.17, 15) is 0 Å². The molecule has 0 unspecified atom stereocenters. The van der Waals surface area contributed by atoms with Gasteiger partial charge in [-0.3, -0.25) is 0 Å². The van der Waals surface area contributed by atoms with Gasteiger partial charge in [0.25, 0.3) is 0 Å². The van der Waals surface area contributed by atoms with Gasteiger partial charge in [-0.2, -0.15) is 0 Å². The fraction of sp³-hybridized carbons (Fsp3) is 1.00. The third-order valence-corrected chi connectivity index (χ3v) is 4.49. The van der Waals surface area contributed by atoms with Crippen LogP contribution < -0.4 is 24.0 Å². The Hall–Kier alpha value is 0.980. The average Bonchev–Trinajstić information content (AvgIpc) is 2.43. The molecule has 0 amide bonds. The standard InChI is InChI=1S/C17H37ClN.HI/c1-4-7-10-15-19(14-9-6-3,17-12-13-18)16-11-8-5-2;/h4-17H2,1-3H3;1H/q+1;/p-1. The zero-order valence-electron chi connectivity index (χ0n) is 14.1. The summed E-state index contributed by atoms with van der Waals surface area (Å²) in [7, 11) is 0. The van der Waals surface area contributed by atoms with Crippen molar-refractivity contribution in [2.75, 3.05) is 32.1 Å². The van der Waals surface area contributed by atoms with Gasteiger partial charge in [0.15, 0.2) is 0 Å². The van der Waals surface area contributed by atoms with Gasteiger partial charge >= 0.3 is 0 Å². The Morgan fingerprint density at radius 1 is 0.600 bits per heavy atom. The first kappa shape index (κ1) is 23.2. The summed E-state index contributed by atoms with van der Waals surface area (Å²) in [6.45, 7) is 12.4. The quantitative estimate of drug-likeness (QED) is 0.176. The molecule has 3 heteroatoms. The lowest BCUT2D eigenvalue weighted by Gasteiger charge is -2.39. The van der Waals surface area contributed by atoms with E-state index >= 15 is 0 Å². The van der Waals surface area contributed by atoms with Gasteiger partial charge in [0.05, 0.1) is 26.2 Å². The van der Waals surface area contributed by atoms with E-state index in [2.05, 4.69) is 20.8 Å². The van der Waals surface area contributed by atoms with E-state index in [1.165, 1.54) is 88.4 Å². The zero-order valence-corrected chi connectivity index (χ0v) is 17.0. The molecule has 0 radical (unpaired) electrons. The molecule has 0 rings (SSSR count).